The zero-order chi connectivity index (χ0) is 13.1. The van der Waals surface area contributed by atoms with Gasteiger partial charge in [-0.1, -0.05) is 13.8 Å². The van der Waals surface area contributed by atoms with Crippen molar-refractivity contribution in [3.05, 3.63) is 30.4 Å². The van der Waals surface area contributed by atoms with Crippen LogP contribution in [0, 0.1) is 5.92 Å². The van der Waals surface area contributed by atoms with E-state index in [0.717, 1.165) is 6.54 Å². The maximum Gasteiger partial charge on any atom is 0.188 e. The Morgan fingerprint density at radius 1 is 1.44 bits per heavy atom. The number of imidazole rings is 1. The van der Waals surface area contributed by atoms with E-state index in [1.165, 1.54) is 6.33 Å². The van der Waals surface area contributed by atoms with Crippen molar-refractivity contribution < 1.29 is 4.79 Å². The van der Waals surface area contributed by atoms with Gasteiger partial charge in [0.2, 0.25) is 0 Å². The van der Waals surface area contributed by atoms with Gasteiger partial charge in [-0.3, -0.25) is 4.79 Å². The summed E-state index contributed by atoms with van der Waals surface area (Å²) in [6.07, 6.45) is 4.94. The number of hydrogen-bond acceptors (Lipinski definition) is 4. The fourth-order valence-electron chi connectivity index (χ4n) is 1.78. The Balaban J connectivity index is 2.13. The summed E-state index contributed by atoms with van der Waals surface area (Å²) in [7, 11) is 1.80. The van der Waals surface area contributed by atoms with Gasteiger partial charge in [0, 0.05) is 13.6 Å². The second-order valence-corrected chi connectivity index (χ2v) is 4.74. The van der Waals surface area contributed by atoms with E-state index in [1.807, 2.05) is 0 Å². The molecule has 0 unspecified atom stereocenters. The Morgan fingerprint density at radius 2 is 2.22 bits per heavy atom. The van der Waals surface area contributed by atoms with Crippen LogP contribution < -0.4 is 0 Å². The van der Waals surface area contributed by atoms with Crippen molar-refractivity contribution in [3.63, 3.8) is 0 Å². The number of aromatic nitrogens is 5. The summed E-state index contributed by atoms with van der Waals surface area (Å²) in [5.74, 6) is 1.18. The lowest BCUT2D eigenvalue weighted by atomic mass is 10.2. The molecule has 2 aromatic rings. The van der Waals surface area contributed by atoms with Gasteiger partial charge in [0.05, 0.1) is 18.9 Å². The van der Waals surface area contributed by atoms with Gasteiger partial charge < -0.3 is 4.57 Å². The van der Waals surface area contributed by atoms with Gasteiger partial charge in [0.15, 0.2) is 5.78 Å². The number of aryl methyl sites for hydroxylation is 1. The second-order valence-electron chi connectivity index (χ2n) is 4.74. The minimum Gasteiger partial charge on any atom is -0.331 e. The van der Waals surface area contributed by atoms with Gasteiger partial charge in [-0.25, -0.2) is 14.6 Å². The molecular formula is C12H17N5O. The van der Waals surface area contributed by atoms with E-state index in [0.29, 0.717) is 17.4 Å². The van der Waals surface area contributed by atoms with E-state index in [4.69, 9.17) is 0 Å². The van der Waals surface area contributed by atoms with Crippen LogP contribution >= 0.6 is 0 Å². The highest BCUT2D eigenvalue weighted by atomic mass is 16.1. The Bertz CT molecular complexity index is 540. The standard InChI is InChI=1S/C12H17N5O/c1-9(2)6-17-12(14-7-15-17)4-11(18)10-5-13-8-16(10)3/h5,7-9H,4,6H2,1-3H3. The maximum absolute atomic E-state index is 12.1. The normalized spacial score (nSPS) is 11.1. The molecule has 0 saturated heterocycles. The minimum atomic E-state index is 0.00741. The van der Waals surface area contributed by atoms with E-state index < -0.39 is 0 Å². The topological polar surface area (TPSA) is 65.6 Å². The molecule has 0 aliphatic heterocycles. The molecule has 2 heterocycles. The molecule has 6 heteroatoms. The highest BCUT2D eigenvalue weighted by molar-refractivity contribution is 5.95. The van der Waals surface area contributed by atoms with Crippen LogP contribution in [0.5, 0.6) is 0 Å². The molecule has 0 aliphatic rings. The Kier molecular flexibility index (Phi) is 3.55. The molecule has 0 aromatic carbocycles. The lowest BCUT2D eigenvalue weighted by Gasteiger charge is -2.08. The van der Waals surface area contributed by atoms with E-state index in [1.54, 1.807) is 28.8 Å². The molecule has 0 amide bonds. The molecule has 0 saturated carbocycles. The SMILES string of the molecule is CC(C)Cn1ncnc1CC(=O)c1cncn1C. The van der Waals surface area contributed by atoms with Crippen LogP contribution in [0.3, 0.4) is 0 Å². The van der Waals surface area contributed by atoms with E-state index >= 15 is 0 Å². The molecule has 0 spiro atoms. The van der Waals surface area contributed by atoms with Crippen LogP contribution in [-0.4, -0.2) is 30.1 Å². The van der Waals surface area contributed by atoms with Crippen molar-refractivity contribution in [1.82, 2.24) is 24.3 Å². The van der Waals surface area contributed by atoms with E-state index in [2.05, 4.69) is 28.9 Å². The number of hydrogen-bond donors (Lipinski definition) is 0. The summed E-state index contributed by atoms with van der Waals surface area (Å²) in [5.41, 5.74) is 0.592. The predicted molar refractivity (Wildman–Crippen MR) is 66.1 cm³/mol. The Hall–Kier alpha value is -1.98. The average Bonchev–Trinajstić information content (AvgIpc) is 2.88. The number of rotatable bonds is 5. The molecule has 0 radical (unpaired) electrons. The number of Topliss-reactive ketones (excluding diaryl/α,β-unsaturated/α-hetero) is 1. The number of ketones is 1. The van der Waals surface area contributed by atoms with Crippen molar-refractivity contribution in [3.8, 4) is 0 Å². The van der Waals surface area contributed by atoms with Gasteiger partial charge in [-0.15, -0.1) is 0 Å². The third-order valence-electron chi connectivity index (χ3n) is 2.65. The zero-order valence-corrected chi connectivity index (χ0v) is 10.9. The first-order valence-electron chi connectivity index (χ1n) is 5.94. The molecule has 96 valence electrons. The highest BCUT2D eigenvalue weighted by Crippen LogP contribution is 2.06. The van der Waals surface area contributed by atoms with Crippen LogP contribution in [0.25, 0.3) is 0 Å². The van der Waals surface area contributed by atoms with E-state index in [-0.39, 0.29) is 12.2 Å². The van der Waals surface area contributed by atoms with Crippen LogP contribution in [-0.2, 0) is 20.0 Å². The van der Waals surface area contributed by atoms with Gasteiger partial charge in [0.25, 0.3) is 0 Å². The maximum atomic E-state index is 12.1. The third kappa shape index (κ3) is 2.64. The molecule has 0 fully saturated rings. The van der Waals surface area contributed by atoms with Crippen LogP contribution in [0.2, 0.25) is 0 Å². The van der Waals surface area contributed by atoms with Gasteiger partial charge in [-0.2, -0.15) is 5.10 Å². The minimum absolute atomic E-state index is 0.00741. The molecule has 18 heavy (non-hydrogen) atoms. The summed E-state index contributed by atoms with van der Waals surface area (Å²) >= 11 is 0. The molecular weight excluding hydrogens is 230 g/mol. The highest BCUT2D eigenvalue weighted by Gasteiger charge is 2.15. The molecule has 0 atom stereocenters. The second kappa shape index (κ2) is 5.12. The van der Waals surface area contributed by atoms with Crippen molar-refractivity contribution in [2.75, 3.05) is 0 Å². The monoisotopic (exact) mass is 247 g/mol. The Morgan fingerprint density at radius 3 is 2.83 bits per heavy atom. The number of carbonyl (C=O) groups excluding carboxylic acids is 1. The fourth-order valence-corrected chi connectivity index (χ4v) is 1.78. The van der Waals surface area contributed by atoms with Crippen LogP contribution in [0.4, 0.5) is 0 Å². The number of nitrogens with zero attached hydrogens (tertiary/aromatic N) is 5. The first-order chi connectivity index (χ1) is 8.58. The van der Waals surface area contributed by atoms with Crippen molar-refractivity contribution in [2.24, 2.45) is 13.0 Å². The summed E-state index contributed by atoms with van der Waals surface area (Å²) < 4.78 is 3.50. The first-order valence-corrected chi connectivity index (χ1v) is 5.94. The van der Waals surface area contributed by atoms with Gasteiger partial charge >= 0.3 is 0 Å². The summed E-state index contributed by atoms with van der Waals surface area (Å²) in [6.45, 7) is 4.98. The van der Waals surface area contributed by atoms with Crippen molar-refractivity contribution >= 4 is 5.78 Å². The zero-order valence-electron chi connectivity index (χ0n) is 10.9. The van der Waals surface area contributed by atoms with Crippen LogP contribution in [0.1, 0.15) is 30.2 Å². The number of carbonyl (C=O) groups is 1. The fraction of sp³-hybridized carbons (Fsp3) is 0.500. The molecule has 0 N–H and O–H groups in total. The molecule has 2 aromatic heterocycles. The largest absolute Gasteiger partial charge is 0.331 e. The average molecular weight is 247 g/mol. The summed E-state index contributed by atoms with van der Waals surface area (Å²) in [4.78, 5) is 20.2. The molecule has 2 rings (SSSR count). The lowest BCUT2D eigenvalue weighted by molar-refractivity contribution is 0.0981. The summed E-state index contributed by atoms with van der Waals surface area (Å²) in [6, 6.07) is 0. The smallest absolute Gasteiger partial charge is 0.188 e. The molecule has 0 bridgehead atoms. The van der Waals surface area contributed by atoms with Crippen molar-refractivity contribution in [1.29, 1.82) is 0 Å². The Labute approximate surface area is 106 Å². The van der Waals surface area contributed by atoms with Gasteiger partial charge in [0.1, 0.15) is 17.8 Å². The summed E-state index contributed by atoms with van der Waals surface area (Å²) in [5, 5.41) is 4.14. The lowest BCUT2D eigenvalue weighted by Crippen LogP contribution is -2.15. The molecule has 6 nitrogen and oxygen atoms in total. The molecule has 0 aliphatic carbocycles. The first kappa shape index (κ1) is 12.5. The van der Waals surface area contributed by atoms with Crippen LogP contribution in [0.15, 0.2) is 18.9 Å². The van der Waals surface area contributed by atoms with E-state index in [9.17, 15) is 4.79 Å². The predicted octanol–water partition coefficient (Wildman–Crippen LogP) is 1.09. The van der Waals surface area contributed by atoms with Gasteiger partial charge in [-0.05, 0) is 5.92 Å². The quantitative estimate of drug-likeness (QED) is 0.742. The third-order valence-corrected chi connectivity index (χ3v) is 2.65. The van der Waals surface area contributed by atoms with Crippen molar-refractivity contribution in [2.45, 2.75) is 26.8 Å².